The van der Waals surface area contributed by atoms with Crippen LogP contribution in [0.25, 0.3) is 5.57 Å². The van der Waals surface area contributed by atoms with Crippen molar-refractivity contribution in [1.29, 1.82) is 0 Å². The molecule has 0 radical (unpaired) electrons. The first kappa shape index (κ1) is 32.5. The van der Waals surface area contributed by atoms with Gasteiger partial charge in [-0.3, -0.25) is 0 Å². The van der Waals surface area contributed by atoms with Crippen LogP contribution in [0.5, 0.6) is 0 Å². The van der Waals surface area contributed by atoms with Gasteiger partial charge < -0.3 is 0 Å². The van der Waals surface area contributed by atoms with E-state index in [1.165, 1.54) is 80.5 Å². The van der Waals surface area contributed by atoms with E-state index in [-0.39, 0.29) is 21.7 Å². The van der Waals surface area contributed by atoms with Crippen molar-refractivity contribution in [2.45, 2.75) is 120 Å². The maximum atomic E-state index is 4.97. The zero-order valence-electron chi connectivity index (χ0n) is 29.9. The van der Waals surface area contributed by atoms with E-state index >= 15 is 0 Å². The number of allylic oxidation sites excluding steroid dienone is 7. The molecule has 3 aliphatic carbocycles. The lowest BCUT2D eigenvalue weighted by atomic mass is 9.36. The lowest BCUT2D eigenvalue weighted by Crippen LogP contribution is -2.58. The fraction of sp³-hybridized carbons (Fsp3) is 0.500. The van der Waals surface area contributed by atoms with E-state index in [9.17, 15) is 0 Å². The average molecular weight is 587 g/mol. The van der Waals surface area contributed by atoms with Crippen molar-refractivity contribution < 1.29 is 0 Å². The molecule has 0 heterocycles. The van der Waals surface area contributed by atoms with Crippen LogP contribution in [0.1, 0.15) is 129 Å². The lowest BCUT2D eigenvalue weighted by Gasteiger charge is -2.67. The van der Waals surface area contributed by atoms with Gasteiger partial charge in [0.05, 0.1) is 0 Å². The summed E-state index contributed by atoms with van der Waals surface area (Å²) < 4.78 is 0. The highest BCUT2D eigenvalue weighted by Gasteiger charge is 2.65. The normalized spacial score (nSPS) is 30.2. The number of hydrogen-bond donors (Lipinski definition) is 0. The molecule has 0 aromatic heterocycles. The van der Waals surface area contributed by atoms with E-state index in [1.807, 2.05) is 0 Å². The summed E-state index contributed by atoms with van der Waals surface area (Å²) in [6.07, 6.45) is 5.87. The van der Waals surface area contributed by atoms with Gasteiger partial charge in [-0.2, -0.15) is 0 Å². The summed E-state index contributed by atoms with van der Waals surface area (Å²) in [7, 11) is 0. The maximum absolute atomic E-state index is 4.97. The predicted molar refractivity (Wildman–Crippen MR) is 193 cm³/mol. The van der Waals surface area contributed by atoms with Crippen LogP contribution in [0.2, 0.25) is 0 Å². The zero-order valence-corrected chi connectivity index (χ0v) is 29.9. The lowest BCUT2D eigenvalue weighted by molar-refractivity contribution is -0.0261. The molecule has 0 bridgehead atoms. The topological polar surface area (TPSA) is 0 Å². The van der Waals surface area contributed by atoms with Gasteiger partial charge in [0.1, 0.15) is 0 Å². The second kappa shape index (κ2) is 10.9. The summed E-state index contributed by atoms with van der Waals surface area (Å²) in [5.74, 6) is 0.837. The fourth-order valence-corrected chi connectivity index (χ4v) is 10.6. The van der Waals surface area contributed by atoms with Crippen LogP contribution in [0.15, 0.2) is 95.6 Å². The molecule has 0 aliphatic heterocycles. The van der Waals surface area contributed by atoms with Crippen molar-refractivity contribution in [3.63, 3.8) is 0 Å². The third kappa shape index (κ3) is 4.37. The molecule has 0 saturated carbocycles. The van der Waals surface area contributed by atoms with E-state index in [0.29, 0.717) is 11.8 Å². The summed E-state index contributed by atoms with van der Waals surface area (Å²) in [6.45, 7) is 41.0. The van der Waals surface area contributed by atoms with Crippen molar-refractivity contribution >= 4 is 5.57 Å². The molecule has 0 nitrogen and oxygen atoms in total. The van der Waals surface area contributed by atoms with Gasteiger partial charge in [-0.25, -0.2) is 0 Å². The molecule has 5 rings (SSSR count). The van der Waals surface area contributed by atoms with E-state index in [0.717, 1.165) is 18.4 Å². The van der Waals surface area contributed by atoms with E-state index in [2.05, 4.69) is 125 Å². The summed E-state index contributed by atoms with van der Waals surface area (Å²) in [4.78, 5) is 0. The highest BCUT2D eigenvalue weighted by molar-refractivity contribution is 5.88. The van der Waals surface area contributed by atoms with E-state index < -0.39 is 0 Å². The Morgan fingerprint density at radius 2 is 1.57 bits per heavy atom. The molecule has 2 aromatic rings. The van der Waals surface area contributed by atoms with Crippen molar-refractivity contribution in [1.82, 2.24) is 0 Å². The molecule has 44 heavy (non-hydrogen) atoms. The third-order valence-electron chi connectivity index (χ3n) is 13.6. The smallest absolute Gasteiger partial charge is 0.0196 e. The van der Waals surface area contributed by atoms with Gasteiger partial charge >= 0.3 is 0 Å². The minimum absolute atomic E-state index is 0.00930. The van der Waals surface area contributed by atoms with Gasteiger partial charge in [0.15, 0.2) is 0 Å². The molecule has 3 aliphatic rings. The Bertz CT molecular complexity index is 1600. The molecule has 2 aromatic carbocycles. The Kier molecular flexibility index (Phi) is 8.05. The standard InChI is InChI=1S/C44H58/c1-27(2)38-28(3)26-42(12)34(9)43(13)31(6)36-23-24-37(41(10,11)25-19-18-22-35-20-16-15-17-21-35)29(4)39(36)30(5)40(43)33(8)44(42,14)32(38)7/h15-17,20-21,23-24,31,34H,1,5,7,18-19,22,25-26H2,2-4,6,8-14H3/t31-,34+,42+,43-,44-/m1/s1. The Labute approximate surface area is 270 Å². The number of aryl methyl sites for hydroxylation is 1. The van der Waals surface area contributed by atoms with Gasteiger partial charge in [0, 0.05) is 10.8 Å². The molecule has 0 N–H and O–H groups in total. The zero-order chi connectivity index (χ0) is 32.6. The summed E-state index contributed by atoms with van der Waals surface area (Å²) >= 11 is 0. The molecular formula is C44H58. The van der Waals surface area contributed by atoms with Crippen LogP contribution in [0.4, 0.5) is 0 Å². The molecule has 0 amide bonds. The Morgan fingerprint density at radius 3 is 2.18 bits per heavy atom. The molecule has 5 atom stereocenters. The van der Waals surface area contributed by atoms with Gasteiger partial charge in [-0.1, -0.05) is 134 Å². The summed E-state index contributed by atoms with van der Waals surface area (Å²) in [6, 6.07) is 15.9. The first-order valence-corrected chi connectivity index (χ1v) is 17.1. The number of unbranched alkanes of at least 4 members (excludes halogenated alkanes) is 1. The van der Waals surface area contributed by atoms with E-state index in [1.54, 1.807) is 0 Å². The SMILES string of the molecule is C=C(C)C1=C(C)C[C@@]2(C)[C@H](C)[C@]3(C)C(=C(C)[C@@]2(C)C1=C)C(=C)c1c(ccc(C(C)(C)CCCCc2ccccc2)c1C)[C@H]3C. The van der Waals surface area contributed by atoms with Crippen LogP contribution < -0.4 is 0 Å². The van der Waals surface area contributed by atoms with Crippen LogP contribution in [-0.2, 0) is 11.8 Å². The third-order valence-corrected chi connectivity index (χ3v) is 13.6. The number of rotatable bonds is 7. The average Bonchev–Trinajstić information content (AvgIpc) is 2.96. The number of fused-ring (bicyclic) bond motifs is 3. The van der Waals surface area contributed by atoms with Gasteiger partial charge in [-0.15, -0.1) is 0 Å². The molecule has 0 heteroatoms. The number of benzene rings is 2. The summed E-state index contributed by atoms with van der Waals surface area (Å²) in [5.41, 5.74) is 16.6. The highest BCUT2D eigenvalue weighted by Crippen LogP contribution is 2.74. The second-order valence-electron chi connectivity index (χ2n) is 16.1. The van der Waals surface area contributed by atoms with Crippen LogP contribution in [0, 0.1) is 29.1 Å². The van der Waals surface area contributed by atoms with Crippen molar-refractivity contribution in [2.24, 2.45) is 22.2 Å². The Balaban J connectivity index is 1.58. The van der Waals surface area contributed by atoms with Crippen molar-refractivity contribution in [3.8, 4) is 0 Å². The fourth-order valence-electron chi connectivity index (χ4n) is 10.6. The number of hydrogen-bond acceptors (Lipinski definition) is 0. The summed E-state index contributed by atoms with van der Waals surface area (Å²) in [5, 5.41) is 0. The Hall–Kier alpha value is -2.86. The van der Waals surface area contributed by atoms with Gasteiger partial charge in [-0.05, 0) is 126 Å². The van der Waals surface area contributed by atoms with Crippen LogP contribution in [0.3, 0.4) is 0 Å². The minimum Gasteiger partial charge on any atom is -0.0955 e. The predicted octanol–water partition coefficient (Wildman–Crippen LogP) is 12.7. The quantitative estimate of drug-likeness (QED) is 0.283. The molecular weight excluding hydrogens is 528 g/mol. The maximum Gasteiger partial charge on any atom is 0.0196 e. The van der Waals surface area contributed by atoms with Crippen LogP contribution in [-0.4, -0.2) is 0 Å². The molecule has 0 saturated heterocycles. The Morgan fingerprint density at radius 1 is 0.932 bits per heavy atom. The van der Waals surface area contributed by atoms with E-state index in [4.69, 9.17) is 13.2 Å². The van der Waals surface area contributed by atoms with Crippen LogP contribution >= 0.6 is 0 Å². The first-order valence-electron chi connectivity index (χ1n) is 17.1. The monoisotopic (exact) mass is 586 g/mol. The largest absolute Gasteiger partial charge is 0.0955 e. The molecule has 0 fully saturated rings. The van der Waals surface area contributed by atoms with Gasteiger partial charge in [0.2, 0.25) is 0 Å². The molecule has 0 unspecified atom stereocenters. The van der Waals surface area contributed by atoms with Crippen molar-refractivity contribution in [3.05, 3.63) is 123 Å². The first-order chi connectivity index (χ1) is 20.5. The highest BCUT2D eigenvalue weighted by atomic mass is 14.7. The molecule has 0 spiro atoms. The van der Waals surface area contributed by atoms with Gasteiger partial charge in [0.25, 0.3) is 0 Å². The molecule has 234 valence electrons. The minimum atomic E-state index is -0.154. The van der Waals surface area contributed by atoms with Crippen molar-refractivity contribution in [2.75, 3.05) is 0 Å². The second-order valence-corrected chi connectivity index (χ2v) is 16.1.